The van der Waals surface area contributed by atoms with Gasteiger partial charge in [0.15, 0.2) is 5.13 Å². The first-order valence-electron chi connectivity index (χ1n) is 8.31. The van der Waals surface area contributed by atoms with Crippen LogP contribution in [0.3, 0.4) is 0 Å². The molecule has 0 aliphatic rings. The van der Waals surface area contributed by atoms with Gasteiger partial charge in [-0.25, -0.2) is 13.4 Å². The highest BCUT2D eigenvalue weighted by atomic mass is 32.2. The highest BCUT2D eigenvalue weighted by Crippen LogP contribution is 2.18. The Hall–Kier alpha value is -2.71. The molecule has 0 saturated carbocycles. The van der Waals surface area contributed by atoms with Crippen LogP contribution in [0.25, 0.3) is 0 Å². The molecule has 8 heteroatoms. The summed E-state index contributed by atoms with van der Waals surface area (Å²) in [7, 11) is -3.72. The number of hydrogen-bond donors (Lipinski definition) is 2. The van der Waals surface area contributed by atoms with E-state index in [1.54, 1.807) is 5.38 Å². The number of rotatable bonds is 7. The fraction of sp³-hybridized carbons (Fsp3) is 0.158. The first-order valence-corrected chi connectivity index (χ1v) is 10.7. The van der Waals surface area contributed by atoms with Crippen LogP contribution in [0.2, 0.25) is 0 Å². The summed E-state index contributed by atoms with van der Waals surface area (Å²) >= 11 is 1.19. The molecule has 1 amide bonds. The van der Waals surface area contributed by atoms with Crippen LogP contribution in [-0.2, 0) is 10.0 Å². The van der Waals surface area contributed by atoms with Gasteiger partial charge in [-0.15, -0.1) is 11.3 Å². The van der Waals surface area contributed by atoms with Gasteiger partial charge < -0.3 is 5.32 Å². The molecule has 0 spiro atoms. The van der Waals surface area contributed by atoms with Crippen LogP contribution in [0.4, 0.5) is 5.13 Å². The van der Waals surface area contributed by atoms with E-state index in [1.165, 1.54) is 41.8 Å². The van der Waals surface area contributed by atoms with Crippen LogP contribution in [-0.4, -0.2) is 25.9 Å². The summed E-state index contributed by atoms with van der Waals surface area (Å²) in [5, 5.41) is 4.86. The second-order valence-corrected chi connectivity index (χ2v) is 8.57. The van der Waals surface area contributed by atoms with Gasteiger partial charge in [-0.05, 0) is 35.7 Å². The van der Waals surface area contributed by atoms with E-state index in [-0.39, 0.29) is 16.7 Å². The van der Waals surface area contributed by atoms with Crippen molar-refractivity contribution in [2.24, 2.45) is 0 Å². The maximum atomic E-state index is 12.3. The molecule has 1 atom stereocenters. The molecule has 0 bridgehead atoms. The van der Waals surface area contributed by atoms with Gasteiger partial charge in [0.1, 0.15) is 0 Å². The Morgan fingerprint density at radius 1 is 1.11 bits per heavy atom. The number of sulfonamides is 1. The van der Waals surface area contributed by atoms with Crippen molar-refractivity contribution in [1.29, 1.82) is 0 Å². The zero-order valence-electron chi connectivity index (χ0n) is 14.6. The Kier molecular flexibility index (Phi) is 5.88. The van der Waals surface area contributed by atoms with Gasteiger partial charge >= 0.3 is 0 Å². The summed E-state index contributed by atoms with van der Waals surface area (Å²) in [5.41, 5.74) is 1.55. The van der Waals surface area contributed by atoms with E-state index in [0.29, 0.717) is 17.2 Å². The third-order valence-corrected chi connectivity index (χ3v) is 6.19. The first-order chi connectivity index (χ1) is 13.0. The molecule has 0 saturated heterocycles. The smallest absolute Gasteiger partial charge is 0.263 e. The molecule has 0 aliphatic carbocycles. The van der Waals surface area contributed by atoms with Crippen LogP contribution in [0, 0.1) is 0 Å². The third-order valence-electron chi connectivity index (χ3n) is 4.02. The lowest BCUT2D eigenvalue weighted by Crippen LogP contribution is -2.27. The van der Waals surface area contributed by atoms with Gasteiger partial charge in [0.25, 0.3) is 15.9 Å². The monoisotopic (exact) mass is 401 g/mol. The molecule has 3 rings (SSSR count). The maximum Gasteiger partial charge on any atom is 0.263 e. The summed E-state index contributed by atoms with van der Waals surface area (Å²) in [6.07, 6.45) is 1.52. The summed E-state index contributed by atoms with van der Waals surface area (Å²) < 4.78 is 27.0. The van der Waals surface area contributed by atoms with Crippen molar-refractivity contribution in [2.75, 3.05) is 11.3 Å². The number of amides is 1. The molecular formula is C19H19N3O3S2. The SMILES string of the molecule is CC(CNC(=O)c1ccc(S(=O)(=O)Nc2nccs2)cc1)c1ccccc1. The Morgan fingerprint density at radius 2 is 1.81 bits per heavy atom. The minimum absolute atomic E-state index is 0.0758. The number of benzene rings is 2. The molecule has 2 aromatic carbocycles. The van der Waals surface area contributed by atoms with Crippen LogP contribution >= 0.6 is 11.3 Å². The predicted molar refractivity (Wildman–Crippen MR) is 107 cm³/mol. The quantitative estimate of drug-likeness (QED) is 0.634. The Bertz CT molecular complexity index is 986. The highest BCUT2D eigenvalue weighted by molar-refractivity contribution is 7.93. The molecule has 0 radical (unpaired) electrons. The zero-order chi connectivity index (χ0) is 19.3. The van der Waals surface area contributed by atoms with Crippen molar-refractivity contribution in [3.63, 3.8) is 0 Å². The number of anilines is 1. The molecule has 0 aliphatic heterocycles. The van der Waals surface area contributed by atoms with E-state index in [2.05, 4.69) is 15.0 Å². The van der Waals surface area contributed by atoms with E-state index in [0.717, 1.165) is 5.56 Å². The molecule has 27 heavy (non-hydrogen) atoms. The standard InChI is InChI=1S/C19H19N3O3S2/c1-14(15-5-3-2-4-6-15)13-21-18(23)16-7-9-17(10-8-16)27(24,25)22-19-20-11-12-26-19/h2-12,14H,13H2,1H3,(H,20,22)(H,21,23). The predicted octanol–water partition coefficient (Wildman–Crippen LogP) is 3.48. The van der Waals surface area contributed by atoms with Crippen LogP contribution in [0.15, 0.2) is 71.1 Å². The van der Waals surface area contributed by atoms with Crippen molar-refractivity contribution >= 4 is 32.4 Å². The van der Waals surface area contributed by atoms with Crippen molar-refractivity contribution < 1.29 is 13.2 Å². The van der Waals surface area contributed by atoms with E-state index in [9.17, 15) is 13.2 Å². The number of hydrogen-bond acceptors (Lipinski definition) is 5. The maximum absolute atomic E-state index is 12.3. The summed E-state index contributed by atoms with van der Waals surface area (Å²) in [4.78, 5) is 16.3. The van der Waals surface area contributed by atoms with Gasteiger partial charge in [-0.2, -0.15) is 0 Å². The van der Waals surface area contributed by atoms with Crippen LogP contribution in [0.5, 0.6) is 0 Å². The number of carbonyl (C=O) groups excluding carboxylic acids is 1. The van der Waals surface area contributed by atoms with E-state index >= 15 is 0 Å². The third kappa shape index (κ3) is 4.93. The van der Waals surface area contributed by atoms with Crippen LogP contribution in [0.1, 0.15) is 28.8 Å². The van der Waals surface area contributed by atoms with Gasteiger partial charge in [0.2, 0.25) is 0 Å². The largest absolute Gasteiger partial charge is 0.351 e. The molecular weight excluding hydrogens is 382 g/mol. The second kappa shape index (κ2) is 8.32. The second-order valence-electron chi connectivity index (χ2n) is 5.99. The van der Waals surface area contributed by atoms with Gasteiger partial charge in [0, 0.05) is 23.7 Å². The minimum Gasteiger partial charge on any atom is -0.351 e. The Morgan fingerprint density at radius 3 is 2.44 bits per heavy atom. The summed E-state index contributed by atoms with van der Waals surface area (Å²) in [5.74, 6) is -0.0630. The molecule has 6 nitrogen and oxygen atoms in total. The average molecular weight is 402 g/mol. The molecule has 3 aromatic rings. The lowest BCUT2D eigenvalue weighted by molar-refractivity contribution is 0.0951. The molecule has 1 aromatic heterocycles. The zero-order valence-corrected chi connectivity index (χ0v) is 16.3. The fourth-order valence-electron chi connectivity index (χ4n) is 2.48. The van der Waals surface area contributed by atoms with Crippen molar-refractivity contribution in [1.82, 2.24) is 10.3 Å². The van der Waals surface area contributed by atoms with Gasteiger partial charge in [0.05, 0.1) is 4.90 Å². The normalized spacial score (nSPS) is 12.3. The lowest BCUT2D eigenvalue weighted by atomic mass is 10.0. The number of nitrogens with one attached hydrogen (secondary N) is 2. The van der Waals surface area contributed by atoms with Crippen LogP contribution < -0.4 is 10.0 Å². The van der Waals surface area contributed by atoms with E-state index in [1.807, 2.05) is 37.3 Å². The molecule has 1 heterocycles. The highest BCUT2D eigenvalue weighted by Gasteiger charge is 2.16. The lowest BCUT2D eigenvalue weighted by Gasteiger charge is -2.13. The molecule has 140 valence electrons. The van der Waals surface area contributed by atoms with E-state index < -0.39 is 10.0 Å². The number of nitrogens with zero attached hydrogens (tertiary/aromatic N) is 1. The topological polar surface area (TPSA) is 88.2 Å². The van der Waals surface area contributed by atoms with Gasteiger partial charge in [-0.3, -0.25) is 9.52 Å². The minimum atomic E-state index is -3.72. The summed E-state index contributed by atoms with van der Waals surface area (Å²) in [6, 6.07) is 15.7. The molecule has 1 unspecified atom stereocenters. The Balaban J connectivity index is 1.62. The fourth-order valence-corrected chi connectivity index (χ4v) is 4.27. The molecule has 0 fully saturated rings. The molecule has 2 N–H and O–H groups in total. The van der Waals surface area contributed by atoms with Gasteiger partial charge in [-0.1, -0.05) is 37.3 Å². The number of aromatic nitrogens is 1. The Labute approximate surface area is 162 Å². The van der Waals surface area contributed by atoms with Crippen molar-refractivity contribution in [3.8, 4) is 0 Å². The summed E-state index contributed by atoms with van der Waals surface area (Å²) in [6.45, 7) is 2.53. The van der Waals surface area contributed by atoms with Crippen molar-refractivity contribution in [2.45, 2.75) is 17.7 Å². The number of thiazole rings is 1. The van der Waals surface area contributed by atoms with Crippen molar-refractivity contribution in [3.05, 3.63) is 77.3 Å². The number of carbonyl (C=O) groups is 1. The van der Waals surface area contributed by atoms with E-state index in [4.69, 9.17) is 0 Å². The average Bonchev–Trinajstić information content (AvgIpc) is 3.19. The first kappa shape index (κ1) is 19.1.